The highest BCUT2D eigenvalue weighted by molar-refractivity contribution is 5.98. The quantitative estimate of drug-likeness (QED) is 0.727. The normalized spacial score (nSPS) is 11.7. The van der Waals surface area contributed by atoms with Crippen molar-refractivity contribution in [1.82, 2.24) is 20.2 Å². The largest absolute Gasteiger partial charge is 0.324 e. The van der Waals surface area contributed by atoms with Crippen molar-refractivity contribution in [1.29, 1.82) is 0 Å². The van der Waals surface area contributed by atoms with Crippen molar-refractivity contribution in [3.63, 3.8) is 0 Å². The molecule has 120 valence electrons. The molecule has 0 radical (unpaired) electrons. The molecule has 3 rings (SSSR count). The second-order valence-electron chi connectivity index (χ2n) is 5.23. The summed E-state index contributed by atoms with van der Waals surface area (Å²) in [7, 11) is 0. The highest BCUT2D eigenvalue weighted by Gasteiger charge is 2.24. The van der Waals surface area contributed by atoms with E-state index in [-0.39, 0.29) is 11.7 Å². The van der Waals surface area contributed by atoms with Crippen LogP contribution in [0.25, 0.3) is 0 Å². The Hall–Kier alpha value is -3.35. The standard InChI is InChI=1S/C17H15N5O2/c1-12(23)14-8-5-9-15(10-14)19-17(24)16(22-11-18-20-21-22)13-6-3-2-4-7-13/h2-11,16H,1H3,(H,19,24)/t16-/m1/s1. The maximum absolute atomic E-state index is 12.8. The number of ketones is 1. The van der Waals surface area contributed by atoms with Gasteiger partial charge in [-0.25, -0.2) is 4.68 Å². The van der Waals surface area contributed by atoms with Crippen molar-refractivity contribution >= 4 is 17.4 Å². The van der Waals surface area contributed by atoms with Gasteiger partial charge in [0, 0.05) is 11.3 Å². The first-order valence-electron chi connectivity index (χ1n) is 7.34. The maximum Gasteiger partial charge on any atom is 0.253 e. The Morgan fingerprint density at radius 3 is 2.54 bits per heavy atom. The van der Waals surface area contributed by atoms with Crippen LogP contribution >= 0.6 is 0 Å². The number of anilines is 1. The predicted octanol–water partition coefficient (Wildman–Crippen LogP) is 2.10. The molecule has 0 unspecified atom stereocenters. The van der Waals surface area contributed by atoms with Crippen LogP contribution in [0.5, 0.6) is 0 Å². The van der Waals surface area contributed by atoms with Crippen molar-refractivity contribution in [2.75, 3.05) is 5.32 Å². The summed E-state index contributed by atoms with van der Waals surface area (Å²) in [6.45, 7) is 1.48. The molecule has 0 aliphatic rings. The first kappa shape index (κ1) is 15.5. The van der Waals surface area contributed by atoms with Gasteiger partial charge in [-0.05, 0) is 35.0 Å². The van der Waals surface area contributed by atoms with Gasteiger partial charge in [-0.1, -0.05) is 42.5 Å². The summed E-state index contributed by atoms with van der Waals surface area (Å²) in [5, 5.41) is 13.9. The first-order valence-corrected chi connectivity index (χ1v) is 7.34. The van der Waals surface area contributed by atoms with Crippen molar-refractivity contribution in [3.8, 4) is 0 Å². The summed E-state index contributed by atoms with van der Waals surface area (Å²) >= 11 is 0. The van der Waals surface area contributed by atoms with Crippen LogP contribution in [0.1, 0.15) is 28.9 Å². The Morgan fingerprint density at radius 1 is 1.08 bits per heavy atom. The number of carbonyl (C=O) groups excluding carboxylic acids is 2. The molecule has 1 amide bonds. The van der Waals surface area contributed by atoms with Crippen LogP contribution in [0.2, 0.25) is 0 Å². The van der Waals surface area contributed by atoms with Gasteiger partial charge in [0.1, 0.15) is 6.33 Å². The molecule has 1 N–H and O–H groups in total. The highest BCUT2D eigenvalue weighted by Crippen LogP contribution is 2.20. The molecule has 0 aliphatic heterocycles. The van der Waals surface area contributed by atoms with Crippen LogP contribution in [0.3, 0.4) is 0 Å². The number of rotatable bonds is 5. The summed E-state index contributed by atoms with van der Waals surface area (Å²) < 4.78 is 1.39. The van der Waals surface area contributed by atoms with Gasteiger partial charge in [0.15, 0.2) is 11.8 Å². The summed E-state index contributed by atoms with van der Waals surface area (Å²) in [5.74, 6) is -0.361. The van der Waals surface area contributed by atoms with E-state index in [1.54, 1.807) is 24.3 Å². The molecule has 1 heterocycles. The molecule has 1 aromatic heterocycles. The summed E-state index contributed by atoms with van der Waals surface area (Å²) in [4.78, 5) is 24.3. The third kappa shape index (κ3) is 3.35. The third-order valence-corrected chi connectivity index (χ3v) is 3.53. The average molecular weight is 321 g/mol. The Labute approximate surface area is 138 Å². The van der Waals surface area contributed by atoms with E-state index in [9.17, 15) is 9.59 Å². The van der Waals surface area contributed by atoms with E-state index in [1.807, 2.05) is 30.3 Å². The molecule has 0 saturated heterocycles. The van der Waals surface area contributed by atoms with Gasteiger partial charge in [0.25, 0.3) is 5.91 Å². The molecular formula is C17H15N5O2. The van der Waals surface area contributed by atoms with E-state index in [0.717, 1.165) is 5.56 Å². The average Bonchev–Trinajstić information content (AvgIpc) is 3.10. The number of aromatic nitrogens is 4. The fraction of sp³-hybridized carbons (Fsp3) is 0.118. The second kappa shape index (κ2) is 6.82. The molecule has 0 saturated carbocycles. The summed E-state index contributed by atoms with van der Waals surface area (Å²) in [5.41, 5.74) is 1.83. The number of carbonyl (C=O) groups is 2. The number of amides is 1. The van der Waals surface area contributed by atoms with Gasteiger partial charge in [0.05, 0.1) is 0 Å². The Bertz CT molecular complexity index is 846. The SMILES string of the molecule is CC(=O)c1cccc(NC(=O)[C@@H](c2ccccc2)n2cnnn2)c1. The number of hydrogen-bond donors (Lipinski definition) is 1. The number of nitrogens with one attached hydrogen (secondary N) is 1. The zero-order valence-corrected chi connectivity index (χ0v) is 13.0. The van der Waals surface area contributed by atoms with Crippen LogP contribution in [0.15, 0.2) is 60.9 Å². The van der Waals surface area contributed by atoms with E-state index < -0.39 is 6.04 Å². The number of tetrazole rings is 1. The van der Waals surface area contributed by atoms with Crippen molar-refractivity contribution in [2.24, 2.45) is 0 Å². The summed E-state index contributed by atoms with van der Waals surface area (Å²) in [6, 6.07) is 15.3. The minimum absolute atomic E-state index is 0.0637. The second-order valence-corrected chi connectivity index (χ2v) is 5.23. The number of benzene rings is 2. The van der Waals surface area contributed by atoms with Crippen LogP contribution < -0.4 is 5.32 Å². The third-order valence-electron chi connectivity index (χ3n) is 3.53. The minimum atomic E-state index is -0.706. The zero-order valence-electron chi connectivity index (χ0n) is 13.0. The monoisotopic (exact) mass is 321 g/mol. The zero-order chi connectivity index (χ0) is 16.9. The van der Waals surface area contributed by atoms with E-state index in [1.165, 1.54) is 17.9 Å². The lowest BCUT2D eigenvalue weighted by atomic mass is 10.1. The van der Waals surface area contributed by atoms with Crippen LogP contribution in [0, 0.1) is 0 Å². The lowest BCUT2D eigenvalue weighted by Crippen LogP contribution is -2.27. The molecule has 7 nitrogen and oxygen atoms in total. The first-order chi connectivity index (χ1) is 11.6. The lowest BCUT2D eigenvalue weighted by molar-refractivity contribution is -0.118. The Kier molecular flexibility index (Phi) is 4.42. The van der Waals surface area contributed by atoms with Gasteiger partial charge >= 0.3 is 0 Å². The van der Waals surface area contributed by atoms with Crippen LogP contribution in [0.4, 0.5) is 5.69 Å². The fourth-order valence-electron chi connectivity index (χ4n) is 2.37. The molecule has 2 aromatic carbocycles. The highest BCUT2D eigenvalue weighted by atomic mass is 16.2. The van der Waals surface area contributed by atoms with Crippen LogP contribution in [-0.4, -0.2) is 31.9 Å². The van der Waals surface area contributed by atoms with E-state index in [0.29, 0.717) is 11.3 Å². The van der Waals surface area contributed by atoms with E-state index in [2.05, 4.69) is 20.8 Å². The van der Waals surface area contributed by atoms with Gasteiger partial charge in [-0.2, -0.15) is 0 Å². The molecule has 24 heavy (non-hydrogen) atoms. The number of nitrogens with zero attached hydrogens (tertiary/aromatic N) is 4. The Morgan fingerprint density at radius 2 is 1.88 bits per heavy atom. The fourth-order valence-corrected chi connectivity index (χ4v) is 2.37. The lowest BCUT2D eigenvalue weighted by Gasteiger charge is -2.16. The molecular weight excluding hydrogens is 306 g/mol. The van der Waals surface area contributed by atoms with E-state index >= 15 is 0 Å². The topological polar surface area (TPSA) is 89.8 Å². The van der Waals surface area contributed by atoms with Gasteiger partial charge in [-0.3, -0.25) is 9.59 Å². The summed E-state index contributed by atoms with van der Waals surface area (Å²) in [6.07, 6.45) is 1.39. The minimum Gasteiger partial charge on any atom is -0.324 e. The van der Waals surface area contributed by atoms with Gasteiger partial charge in [-0.15, -0.1) is 5.10 Å². The molecule has 0 aliphatic carbocycles. The van der Waals surface area contributed by atoms with Crippen molar-refractivity contribution < 1.29 is 9.59 Å². The van der Waals surface area contributed by atoms with Crippen molar-refractivity contribution in [2.45, 2.75) is 13.0 Å². The molecule has 1 atom stereocenters. The number of hydrogen-bond acceptors (Lipinski definition) is 5. The van der Waals surface area contributed by atoms with E-state index in [4.69, 9.17) is 0 Å². The predicted molar refractivity (Wildman–Crippen MR) is 87.5 cm³/mol. The van der Waals surface area contributed by atoms with Crippen molar-refractivity contribution in [3.05, 3.63) is 72.1 Å². The maximum atomic E-state index is 12.8. The molecule has 0 bridgehead atoms. The molecule has 7 heteroatoms. The smallest absolute Gasteiger partial charge is 0.253 e. The number of Topliss-reactive ketones (excluding diaryl/α,β-unsaturated/α-hetero) is 1. The van der Waals surface area contributed by atoms with Crippen LogP contribution in [-0.2, 0) is 4.79 Å². The molecule has 0 fully saturated rings. The molecule has 3 aromatic rings. The molecule has 0 spiro atoms. The Balaban J connectivity index is 1.90. The van der Waals surface area contributed by atoms with Gasteiger partial charge in [0.2, 0.25) is 0 Å². The van der Waals surface area contributed by atoms with Gasteiger partial charge < -0.3 is 5.32 Å².